The molecule has 0 unspecified atom stereocenters. The van der Waals surface area contributed by atoms with Gasteiger partial charge in [-0.05, 0) is 48.2 Å². The van der Waals surface area contributed by atoms with Crippen LogP contribution in [0.4, 0.5) is 5.69 Å². The molecule has 1 fully saturated rings. The molecule has 0 bridgehead atoms. The first-order valence-corrected chi connectivity index (χ1v) is 8.74. The first-order chi connectivity index (χ1) is 11.1. The molecule has 2 aromatic carbocycles. The molecule has 23 heavy (non-hydrogen) atoms. The van der Waals surface area contributed by atoms with Gasteiger partial charge in [0.2, 0.25) is 0 Å². The summed E-state index contributed by atoms with van der Waals surface area (Å²) in [5, 5.41) is 0. The van der Waals surface area contributed by atoms with Gasteiger partial charge in [-0.1, -0.05) is 67.3 Å². The summed E-state index contributed by atoms with van der Waals surface area (Å²) in [4.78, 5) is 15.0. The molecule has 0 aliphatic carbocycles. The Hall–Kier alpha value is -1.91. The van der Waals surface area contributed by atoms with Crippen LogP contribution in [0, 0.1) is 6.92 Å². The third-order valence-electron chi connectivity index (χ3n) is 3.74. The van der Waals surface area contributed by atoms with Crippen LogP contribution in [0.1, 0.15) is 23.6 Å². The molecule has 0 atom stereocenters. The van der Waals surface area contributed by atoms with Gasteiger partial charge in [0, 0.05) is 0 Å². The highest BCUT2D eigenvalue weighted by Crippen LogP contribution is 2.36. The maximum Gasteiger partial charge on any atom is 0.270 e. The van der Waals surface area contributed by atoms with Crippen molar-refractivity contribution in [2.24, 2.45) is 0 Å². The van der Waals surface area contributed by atoms with E-state index in [0.29, 0.717) is 9.23 Å². The lowest BCUT2D eigenvalue weighted by atomic mass is 10.1. The normalized spacial score (nSPS) is 16.4. The van der Waals surface area contributed by atoms with Gasteiger partial charge in [0.15, 0.2) is 4.32 Å². The lowest BCUT2D eigenvalue weighted by Crippen LogP contribution is -2.27. The van der Waals surface area contributed by atoms with Gasteiger partial charge in [0.05, 0.1) is 10.6 Å². The molecule has 1 heterocycles. The molecule has 0 saturated carbocycles. The minimum Gasteiger partial charge on any atom is -0.268 e. The zero-order chi connectivity index (χ0) is 16.4. The van der Waals surface area contributed by atoms with Gasteiger partial charge in [-0.3, -0.25) is 9.69 Å². The summed E-state index contributed by atoms with van der Waals surface area (Å²) in [6.45, 7) is 4.13. The van der Waals surface area contributed by atoms with E-state index in [4.69, 9.17) is 12.2 Å². The van der Waals surface area contributed by atoms with Crippen LogP contribution in [-0.2, 0) is 11.2 Å². The molecule has 116 valence electrons. The average Bonchev–Trinajstić information content (AvgIpc) is 2.82. The summed E-state index contributed by atoms with van der Waals surface area (Å²) in [5.74, 6) is -0.0508. The van der Waals surface area contributed by atoms with E-state index in [1.54, 1.807) is 4.90 Å². The minimum atomic E-state index is -0.0508. The van der Waals surface area contributed by atoms with Crippen LogP contribution >= 0.6 is 24.0 Å². The second kappa shape index (κ2) is 6.69. The number of carbonyl (C=O) groups is 1. The molecule has 1 aliphatic rings. The highest BCUT2D eigenvalue weighted by Gasteiger charge is 2.33. The van der Waals surface area contributed by atoms with E-state index >= 15 is 0 Å². The molecule has 0 aromatic heterocycles. The standard InChI is InChI=1S/C19H17NOS2/c1-3-14-7-9-15(10-8-14)12-17-18(21)20(19(22)23-17)16-6-4-5-13(2)11-16/h4-12H,3H2,1-2H3/b17-12+. The van der Waals surface area contributed by atoms with Crippen molar-refractivity contribution in [3.8, 4) is 0 Å². The van der Waals surface area contributed by atoms with Gasteiger partial charge in [0.1, 0.15) is 0 Å². The van der Waals surface area contributed by atoms with Crippen LogP contribution in [-0.4, -0.2) is 10.2 Å². The molecule has 2 aromatic rings. The van der Waals surface area contributed by atoms with Crippen LogP contribution < -0.4 is 4.90 Å². The smallest absolute Gasteiger partial charge is 0.268 e. The van der Waals surface area contributed by atoms with E-state index in [-0.39, 0.29) is 5.91 Å². The lowest BCUT2D eigenvalue weighted by molar-refractivity contribution is -0.113. The molecular weight excluding hydrogens is 322 g/mol. The van der Waals surface area contributed by atoms with E-state index < -0.39 is 0 Å². The Balaban J connectivity index is 1.89. The van der Waals surface area contributed by atoms with Crippen molar-refractivity contribution in [2.75, 3.05) is 4.90 Å². The largest absolute Gasteiger partial charge is 0.270 e. The molecule has 1 aliphatic heterocycles. The second-order valence-corrected chi connectivity index (χ2v) is 7.13. The van der Waals surface area contributed by atoms with Crippen LogP contribution in [0.2, 0.25) is 0 Å². The fourth-order valence-electron chi connectivity index (χ4n) is 2.46. The highest BCUT2D eigenvalue weighted by molar-refractivity contribution is 8.27. The number of benzene rings is 2. The zero-order valence-electron chi connectivity index (χ0n) is 13.1. The second-order valence-electron chi connectivity index (χ2n) is 5.45. The van der Waals surface area contributed by atoms with Crippen LogP contribution in [0.3, 0.4) is 0 Å². The molecule has 3 rings (SSSR count). The fraction of sp³-hybridized carbons (Fsp3) is 0.158. The van der Waals surface area contributed by atoms with Crippen molar-refractivity contribution in [1.82, 2.24) is 0 Å². The maximum absolute atomic E-state index is 12.7. The number of carbonyl (C=O) groups excluding carboxylic acids is 1. The van der Waals surface area contributed by atoms with Crippen LogP contribution in [0.5, 0.6) is 0 Å². The summed E-state index contributed by atoms with van der Waals surface area (Å²) in [5.41, 5.74) is 4.24. The third kappa shape index (κ3) is 3.38. The number of hydrogen-bond donors (Lipinski definition) is 0. The van der Waals surface area contributed by atoms with Gasteiger partial charge >= 0.3 is 0 Å². The zero-order valence-corrected chi connectivity index (χ0v) is 14.7. The molecule has 1 saturated heterocycles. The first-order valence-electron chi connectivity index (χ1n) is 7.52. The molecular formula is C19H17NOS2. The van der Waals surface area contributed by atoms with Crippen molar-refractivity contribution >= 4 is 46.0 Å². The Kier molecular flexibility index (Phi) is 4.64. The Morgan fingerprint density at radius 1 is 1.17 bits per heavy atom. The quantitative estimate of drug-likeness (QED) is 0.582. The lowest BCUT2D eigenvalue weighted by Gasteiger charge is -2.14. The summed E-state index contributed by atoms with van der Waals surface area (Å²) >= 11 is 6.76. The van der Waals surface area contributed by atoms with Crippen molar-refractivity contribution in [2.45, 2.75) is 20.3 Å². The number of anilines is 1. The van der Waals surface area contributed by atoms with E-state index in [2.05, 4.69) is 19.1 Å². The van der Waals surface area contributed by atoms with Gasteiger partial charge < -0.3 is 0 Å². The Labute approximate surface area is 146 Å². The van der Waals surface area contributed by atoms with Gasteiger partial charge in [-0.15, -0.1) is 0 Å². The molecule has 1 amide bonds. The Bertz CT molecular complexity index is 793. The molecule has 4 heteroatoms. The van der Waals surface area contributed by atoms with Gasteiger partial charge in [0.25, 0.3) is 5.91 Å². The van der Waals surface area contributed by atoms with Crippen molar-refractivity contribution < 1.29 is 4.79 Å². The highest BCUT2D eigenvalue weighted by atomic mass is 32.2. The number of amides is 1. The number of thiocarbonyl (C=S) groups is 1. The Morgan fingerprint density at radius 2 is 1.91 bits per heavy atom. The number of hydrogen-bond acceptors (Lipinski definition) is 3. The number of aryl methyl sites for hydroxylation is 2. The van der Waals surface area contributed by atoms with E-state index in [1.807, 2.05) is 49.4 Å². The predicted molar refractivity (Wildman–Crippen MR) is 103 cm³/mol. The summed E-state index contributed by atoms with van der Waals surface area (Å²) < 4.78 is 0.581. The monoisotopic (exact) mass is 339 g/mol. The fourth-order valence-corrected chi connectivity index (χ4v) is 3.76. The van der Waals surface area contributed by atoms with Crippen molar-refractivity contribution in [3.05, 3.63) is 70.1 Å². The molecule has 0 radical (unpaired) electrons. The van der Waals surface area contributed by atoms with Crippen molar-refractivity contribution in [1.29, 1.82) is 0 Å². The molecule has 0 N–H and O–H groups in total. The van der Waals surface area contributed by atoms with Crippen LogP contribution in [0.15, 0.2) is 53.4 Å². The minimum absolute atomic E-state index is 0.0508. The average molecular weight is 339 g/mol. The molecule has 0 spiro atoms. The summed E-state index contributed by atoms with van der Waals surface area (Å²) in [7, 11) is 0. The van der Waals surface area contributed by atoms with Crippen molar-refractivity contribution in [3.63, 3.8) is 0 Å². The van der Waals surface area contributed by atoms with Gasteiger partial charge in [-0.25, -0.2) is 0 Å². The Morgan fingerprint density at radius 3 is 2.57 bits per heavy atom. The first kappa shape index (κ1) is 16.0. The number of thioether (sulfide) groups is 1. The third-order valence-corrected chi connectivity index (χ3v) is 5.04. The van der Waals surface area contributed by atoms with E-state index in [0.717, 1.165) is 23.2 Å². The van der Waals surface area contributed by atoms with Crippen LogP contribution in [0.25, 0.3) is 6.08 Å². The van der Waals surface area contributed by atoms with E-state index in [9.17, 15) is 4.79 Å². The molecule has 2 nitrogen and oxygen atoms in total. The SMILES string of the molecule is CCc1ccc(/C=C2/SC(=S)N(c3cccc(C)c3)C2=O)cc1. The maximum atomic E-state index is 12.7. The topological polar surface area (TPSA) is 20.3 Å². The number of nitrogens with zero attached hydrogens (tertiary/aromatic N) is 1. The summed E-state index contributed by atoms with van der Waals surface area (Å²) in [6.07, 6.45) is 2.92. The van der Waals surface area contributed by atoms with Gasteiger partial charge in [-0.2, -0.15) is 0 Å². The predicted octanol–water partition coefficient (Wildman–Crippen LogP) is 4.96. The van der Waals surface area contributed by atoms with E-state index in [1.165, 1.54) is 17.3 Å². The summed E-state index contributed by atoms with van der Waals surface area (Å²) in [6, 6.07) is 16.1. The number of rotatable bonds is 3.